The first-order valence-corrected chi connectivity index (χ1v) is 5.32. The molecule has 0 aromatic carbocycles. The second-order valence-electron chi connectivity index (χ2n) is 3.70. The van der Waals surface area contributed by atoms with Crippen molar-refractivity contribution in [1.82, 2.24) is 15.3 Å². The van der Waals surface area contributed by atoms with E-state index in [-0.39, 0.29) is 11.9 Å². The molecule has 1 aliphatic rings. The van der Waals surface area contributed by atoms with Gasteiger partial charge in [-0.2, -0.15) is 4.98 Å². The van der Waals surface area contributed by atoms with Crippen LogP contribution in [-0.4, -0.2) is 35.5 Å². The van der Waals surface area contributed by atoms with Gasteiger partial charge in [0.05, 0.1) is 0 Å². The predicted molar refractivity (Wildman–Crippen MR) is 61.2 cm³/mol. The van der Waals surface area contributed by atoms with Crippen LogP contribution in [0.4, 0.5) is 11.8 Å². The number of rotatable bonds is 3. The molecule has 1 aromatic rings. The summed E-state index contributed by atoms with van der Waals surface area (Å²) in [6.07, 6.45) is 3.11. The van der Waals surface area contributed by atoms with Gasteiger partial charge in [0.1, 0.15) is 5.82 Å². The lowest BCUT2D eigenvalue weighted by Crippen LogP contribution is -2.42. The highest BCUT2D eigenvalue weighted by Crippen LogP contribution is 2.11. The van der Waals surface area contributed by atoms with Gasteiger partial charge < -0.3 is 16.0 Å². The van der Waals surface area contributed by atoms with E-state index in [9.17, 15) is 4.79 Å². The van der Waals surface area contributed by atoms with Gasteiger partial charge in [0, 0.05) is 32.3 Å². The van der Waals surface area contributed by atoms with Gasteiger partial charge in [-0.15, -0.1) is 0 Å². The molecule has 2 rings (SSSR count). The summed E-state index contributed by atoms with van der Waals surface area (Å²) >= 11 is 0. The maximum atomic E-state index is 11.0. The third-order valence-electron chi connectivity index (χ3n) is 2.50. The minimum Gasteiger partial charge on any atom is -0.365 e. The molecule has 3 N–H and O–H groups in total. The molecule has 1 fully saturated rings. The summed E-state index contributed by atoms with van der Waals surface area (Å²) in [5.74, 6) is 1.49. The van der Waals surface area contributed by atoms with Gasteiger partial charge in [-0.05, 0) is 12.5 Å². The van der Waals surface area contributed by atoms with E-state index in [0.29, 0.717) is 18.9 Å². The number of hydrogen-bond donors (Lipinski definition) is 3. The monoisotopic (exact) mass is 221 g/mol. The first kappa shape index (κ1) is 10.7. The van der Waals surface area contributed by atoms with E-state index >= 15 is 0 Å². The Morgan fingerprint density at radius 1 is 1.56 bits per heavy atom. The Kier molecular flexibility index (Phi) is 3.19. The van der Waals surface area contributed by atoms with Crippen molar-refractivity contribution in [2.24, 2.45) is 0 Å². The summed E-state index contributed by atoms with van der Waals surface area (Å²) in [6, 6.07) is 2.06. The fraction of sp³-hybridized carbons (Fsp3) is 0.500. The van der Waals surface area contributed by atoms with E-state index in [1.807, 2.05) is 6.07 Å². The first-order valence-electron chi connectivity index (χ1n) is 5.32. The fourth-order valence-electron chi connectivity index (χ4n) is 1.62. The largest absolute Gasteiger partial charge is 0.365 e. The molecular formula is C10H15N5O. The Morgan fingerprint density at radius 3 is 3.12 bits per heavy atom. The highest BCUT2D eigenvalue weighted by Gasteiger charge is 2.17. The topological polar surface area (TPSA) is 78.9 Å². The standard InChI is InChI=1S/C10H15N5O/c1-11-10-12-5-4-8(15-10)14-7-2-3-9(16)13-6-7/h4-5,7H,2-3,6H2,1H3,(H,13,16)(H2,11,12,14,15). The van der Waals surface area contributed by atoms with Crippen LogP contribution in [0.3, 0.4) is 0 Å². The van der Waals surface area contributed by atoms with E-state index in [4.69, 9.17) is 0 Å². The summed E-state index contributed by atoms with van der Waals surface area (Å²) in [4.78, 5) is 19.3. The number of amides is 1. The van der Waals surface area contributed by atoms with E-state index in [1.165, 1.54) is 0 Å². The van der Waals surface area contributed by atoms with Crippen molar-refractivity contribution in [3.63, 3.8) is 0 Å². The second-order valence-corrected chi connectivity index (χ2v) is 3.70. The second kappa shape index (κ2) is 4.78. The molecule has 1 amide bonds. The van der Waals surface area contributed by atoms with Gasteiger partial charge in [-0.25, -0.2) is 4.98 Å². The van der Waals surface area contributed by atoms with Crippen molar-refractivity contribution >= 4 is 17.7 Å². The van der Waals surface area contributed by atoms with Crippen molar-refractivity contribution in [2.75, 3.05) is 24.2 Å². The quantitative estimate of drug-likeness (QED) is 0.680. The number of carbonyl (C=O) groups excluding carboxylic acids is 1. The molecule has 1 atom stereocenters. The molecule has 16 heavy (non-hydrogen) atoms. The number of piperidine rings is 1. The number of hydrogen-bond acceptors (Lipinski definition) is 5. The van der Waals surface area contributed by atoms with Gasteiger partial charge in [0.25, 0.3) is 0 Å². The lowest BCUT2D eigenvalue weighted by molar-refractivity contribution is -0.122. The Hall–Kier alpha value is -1.85. The molecule has 0 saturated carbocycles. The average molecular weight is 221 g/mol. The fourth-order valence-corrected chi connectivity index (χ4v) is 1.62. The van der Waals surface area contributed by atoms with Crippen LogP contribution < -0.4 is 16.0 Å². The van der Waals surface area contributed by atoms with E-state index < -0.39 is 0 Å². The van der Waals surface area contributed by atoms with Crippen molar-refractivity contribution in [3.05, 3.63) is 12.3 Å². The Bertz CT molecular complexity index is 371. The highest BCUT2D eigenvalue weighted by atomic mass is 16.1. The molecule has 2 heterocycles. The zero-order valence-corrected chi connectivity index (χ0v) is 9.16. The summed E-state index contributed by atoms with van der Waals surface area (Å²) < 4.78 is 0. The number of nitrogens with zero attached hydrogens (tertiary/aromatic N) is 2. The van der Waals surface area contributed by atoms with Crippen LogP contribution in [0.5, 0.6) is 0 Å². The summed E-state index contributed by atoms with van der Waals surface area (Å²) in [7, 11) is 1.78. The maximum Gasteiger partial charge on any atom is 0.224 e. The zero-order valence-electron chi connectivity index (χ0n) is 9.16. The number of nitrogens with one attached hydrogen (secondary N) is 3. The molecule has 6 nitrogen and oxygen atoms in total. The number of anilines is 2. The van der Waals surface area contributed by atoms with Crippen LogP contribution in [0.25, 0.3) is 0 Å². The Balaban J connectivity index is 1.95. The normalized spacial score (nSPS) is 20.1. The molecule has 0 aliphatic carbocycles. The smallest absolute Gasteiger partial charge is 0.224 e. The van der Waals surface area contributed by atoms with Gasteiger partial charge in [-0.3, -0.25) is 4.79 Å². The number of carbonyl (C=O) groups is 1. The predicted octanol–water partition coefficient (Wildman–Crippen LogP) is 0.209. The highest BCUT2D eigenvalue weighted by molar-refractivity contribution is 5.76. The maximum absolute atomic E-state index is 11.0. The van der Waals surface area contributed by atoms with Crippen LogP contribution in [0.2, 0.25) is 0 Å². The van der Waals surface area contributed by atoms with Crippen LogP contribution >= 0.6 is 0 Å². The molecule has 1 unspecified atom stereocenters. The molecule has 0 bridgehead atoms. The molecule has 1 aliphatic heterocycles. The number of aromatic nitrogens is 2. The van der Waals surface area contributed by atoms with Crippen LogP contribution in [-0.2, 0) is 4.79 Å². The van der Waals surface area contributed by atoms with Gasteiger partial charge in [0.15, 0.2) is 0 Å². The van der Waals surface area contributed by atoms with Crippen molar-refractivity contribution in [2.45, 2.75) is 18.9 Å². The summed E-state index contributed by atoms with van der Waals surface area (Å²) in [5, 5.41) is 8.97. The Labute approximate surface area is 93.9 Å². The summed E-state index contributed by atoms with van der Waals surface area (Å²) in [5.41, 5.74) is 0. The molecule has 86 valence electrons. The van der Waals surface area contributed by atoms with Crippen molar-refractivity contribution in [1.29, 1.82) is 0 Å². The van der Waals surface area contributed by atoms with Crippen LogP contribution in [0.1, 0.15) is 12.8 Å². The Morgan fingerprint density at radius 2 is 2.44 bits per heavy atom. The SMILES string of the molecule is CNc1nccc(NC2CCC(=O)NC2)n1. The zero-order chi connectivity index (χ0) is 11.4. The molecule has 0 radical (unpaired) electrons. The average Bonchev–Trinajstić information content (AvgIpc) is 2.32. The van der Waals surface area contributed by atoms with E-state index in [0.717, 1.165) is 12.2 Å². The van der Waals surface area contributed by atoms with E-state index in [2.05, 4.69) is 25.9 Å². The van der Waals surface area contributed by atoms with E-state index in [1.54, 1.807) is 13.2 Å². The van der Waals surface area contributed by atoms with Gasteiger partial charge >= 0.3 is 0 Å². The molecular weight excluding hydrogens is 206 g/mol. The molecule has 0 spiro atoms. The van der Waals surface area contributed by atoms with Crippen LogP contribution in [0.15, 0.2) is 12.3 Å². The van der Waals surface area contributed by atoms with Gasteiger partial charge in [0.2, 0.25) is 11.9 Å². The lowest BCUT2D eigenvalue weighted by atomic mass is 10.1. The van der Waals surface area contributed by atoms with Crippen molar-refractivity contribution in [3.8, 4) is 0 Å². The molecule has 1 aromatic heterocycles. The third-order valence-corrected chi connectivity index (χ3v) is 2.50. The third kappa shape index (κ3) is 2.59. The van der Waals surface area contributed by atoms with Gasteiger partial charge in [-0.1, -0.05) is 0 Å². The molecule has 6 heteroatoms. The first-order chi connectivity index (χ1) is 7.78. The summed E-state index contributed by atoms with van der Waals surface area (Å²) in [6.45, 7) is 0.651. The van der Waals surface area contributed by atoms with Crippen molar-refractivity contribution < 1.29 is 4.79 Å². The van der Waals surface area contributed by atoms with Crippen LogP contribution in [0, 0.1) is 0 Å². The minimum atomic E-state index is 0.122. The minimum absolute atomic E-state index is 0.122. The molecule has 1 saturated heterocycles. The lowest BCUT2D eigenvalue weighted by Gasteiger charge is -2.23.